The minimum atomic E-state index is 0.171. The zero-order chi connectivity index (χ0) is 12.8. The molecule has 0 spiro atoms. The first kappa shape index (κ1) is 13.1. The van der Waals surface area contributed by atoms with Crippen molar-refractivity contribution in [2.24, 2.45) is 0 Å². The first-order valence-corrected chi connectivity index (χ1v) is 7.25. The summed E-state index contributed by atoms with van der Waals surface area (Å²) in [7, 11) is 0. The van der Waals surface area contributed by atoms with Crippen LogP contribution in [-0.2, 0) is 4.79 Å². The summed E-state index contributed by atoms with van der Waals surface area (Å²) in [5.74, 6) is 2.90. The minimum Gasteiger partial charge on any atom is -0.491 e. The number of benzene rings is 1. The molecule has 98 valence electrons. The fraction of sp³-hybridized carbons (Fsp3) is 0.462. The number of para-hydroxylation sites is 2. The quantitative estimate of drug-likeness (QED) is 0.841. The van der Waals surface area contributed by atoms with Gasteiger partial charge in [0.1, 0.15) is 5.75 Å². The number of hydrogen-bond donors (Lipinski definition) is 1. The maximum Gasteiger partial charge on any atom is 0.226 e. The summed E-state index contributed by atoms with van der Waals surface area (Å²) in [6.45, 7) is 2.10. The minimum absolute atomic E-state index is 0.171. The third kappa shape index (κ3) is 3.57. The van der Waals surface area contributed by atoms with Gasteiger partial charge in [0, 0.05) is 24.6 Å². The summed E-state index contributed by atoms with van der Waals surface area (Å²) in [5.41, 5.74) is 6.37. The van der Waals surface area contributed by atoms with Crippen molar-refractivity contribution in [3.8, 4) is 5.75 Å². The molecule has 5 heteroatoms. The highest BCUT2D eigenvalue weighted by atomic mass is 32.2. The van der Waals surface area contributed by atoms with Crippen LogP contribution in [0.3, 0.4) is 0 Å². The van der Waals surface area contributed by atoms with Crippen molar-refractivity contribution in [1.29, 1.82) is 0 Å². The summed E-state index contributed by atoms with van der Waals surface area (Å²) in [6.07, 6.45) is 0.416. The van der Waals surface area contributed by atoms with Gasteiger partial charge in [-0.05, 0) is 12.1 Å². The highest BCUT2D eigenvalue weighted by Crippen LogP contribution is 2.20. The Kier molecular flexibility index (Phi) is 4.75. The Labute approximate surface area is 111 Å². The smallest absolute Gasteiger partial charge is 0.226 e. The molecule has 0 unspecified atom stereocenters. The second kappa shape index (κ2) is 6.54. The largest absolute Gasteiger partial charge is 0.491 e. The lowest BCUT2D eigenvalue weighted by Crippen LogP contribution is -2.38. The Hall–Kier alpha value is -1.36. The number of carbonyl (C=O) groups excluding carboxylic acids is 1. The van der Waals surface area contributed by atoms with Gasteiger partial charge in [-0.2, -0.15) is 11.8 Å². The van der Waals surface area contributed by atoms with E-state index in [1.165, 1.54) is 0 Å². The number of ether oxygens (including phenoxy) is 1. The molecule has 2 N–H and O–H groups in total. The van der Waals surface area contributed by atoms with Crippen LogP contribution in [0.1, 0.15) is 6.42 Å². The first-order chi connectivity index (χ1) is 8.77. The lowest BCUT2D eigenvalue weighted by Gasteiger charge is -2.26. The topological polar surface area (TPSA) is 55.6 Å². The second-order valence-electron chi connectivity index (χ2n) is 4.13. The van der Waals surface area contributed by atoms with Crippen LogP contribution in [0.15, 0.2) is 24.3 Å². The maximum atomic E-state index is 11.9. The molecule has 1 aliphatic heterocycles. The summed E-state index contributed by atoms with van der Waals surface area (Å²) in [5, 5.41) is 0. The lowest BCUT2D eigenvalue weighted by atomic mass is 10.3. The fourth-order valence-electron chi connectivity index (χ4n) is 1.83. The van der Waals surface area contributed by atoms with Crippen molar-refractivity contribution >= 4 is 23.4 Å². The van der Waals surface area contributed by atoms with Gasteiger partial charge in [0.15, 0.2) is 0 Å². The summed E-state index contributed by atoms with van der Waals surface area (Å²) < 4.78 is 5.52. The molecule has 0 aliphatic carbocycles. The molecule has 0 bridgehead atoms. The van der Waals surface area contributed by atoms with Crippen LogP contribution in [0.2, 0.25) is 0 Å². The van der Waals surface area contributed by atoms with E-state index in [0.29, 0.717) is 24.5 Å². The fourth-order valence-corrected chi connectivity index (χ4v) is 2.73. The number of anilines is 1. The summed E-state index contributed by atoms with van der Waals surface area (Å²) in [4.78, 5) is 13.8. The molecule has 18 heavy (non-hydrogen) atoms. The molecule has 0 aromatic heterocycles. The lowest BCUT2D eigenvalue weighted by molar-refractivity contribution is -0.131. The van der Waals surface area contributed by atoms with E-state index >= 15 is 0 Å². The molecule has 0 atom stereocenters. The number of nitrogen functional groups attached to an aromatic ring is 1. The number of nitrogens with zero attached hydrogens (tertiary/aromatic N) is 1. The van der Waals surface area contributed by atoms with Crippen LogP contribution in [0, 0.1) is 0 Å². The molecule has 4 nitrogen and oxygen atoms in total. The molecule has 1 aromatic carbocycles. The van der Waals surface area contributed by atoms with E-state index in [2.05, 4.69) is 0 Å². The van der Waals surface area contributed by atoms with Gasteiger partial charge in [-0.15, -0.1) is 0 Å². The third-order valence-electron chi connectivity index (χ3n) is 2.86. The Balaban J connectivity index is 1.75. The zero-order valence-corrected chi connectivity index (χ0v) is 11.1. The van der Waals surface area contributed by atoms with Crippen LogP contribution >= 0.6 is 11.8 Å². The zero-order valence-electron chi connectivity index (χ0n) is 10.3. The molecule has 1 saturated heterocycles. The number of hydrogen-bond acceptors (Lipinski definition) is 4. The van der Waals surface area contributed by atoms with Crippen molar-refractivity contribution < 1.29 is 9.53 Å². The number of rotatable bonds is 4. The Morgan fingerprint density at radius 1 is 1.33 bits per heavy atom. The third-order valence-corrected chi connectivity index (χ3v) is 3.80. The van der Waals surface area contributed by atoms with Gasteiger partial charge in [0.2, 0.25) is 5.91 Å². The van der Waals surface area contributed by atoms with E-state index < -0.39 is 0 Å². The van der Waals surface area contributed by atoms with Gasteiger partial charge >= 0.3 is 0 Å². The van der Waals surface area contributed by atoms with E-state index in [0.717, 1.165) is 24.6 Å². The van der Waals surface area contributed by atoms with Crippen LogP contribution < -0.4 is 10.5 Å². The van der Waals surface area contributed by atoms with E-state index in [9.17, 15) is 4.79 Å². The predicted molar refractivity (Wildman–Crippen MR) is 74.9 cm³/mol. The molecule has 2 rings (SSSR count). The monoisotopic (exact) mass is 266 g/mol. The first-order valence-electron chi connectivity index (χ1n) is 6.10. The molecule has 0 radical (unpaired) electrons. The van der Waals surface area contributed by atoms with Gasteiger partial charge in [0.25, 0.3) is 0 Å². The molecule has 1 heterocycles. The second-order valence-corrected chi connectivity index (χ2v) is 5.35. The molecule has 1 aliphatic rings. The molecule has 1 fully saturated rings. The highest BCUT2D eigenvalue weighted by Gasteiger charge is 2.16. The van der Waals surface area contributed by atoms with Gasteiger partial charge in [-0.25, -0.2) is 0 Å². The van der Waals surface area contributed by atoms with Crippen molar-refractivity contribution in [1.82, 2.24) is 4.90 Å². The summed E-state index contributed by atoms with van der Waals surface area (Å²) in [6, 6.07) is 7.34. The maximum absolute atomic E-state index is 11.9. The van der Waals surface area contributed by atoms with Crippen molar-refractivity contribution in [2.45, 2.75) is 6.42 Å². The van der Waals surface area contributed by atoms with E-state index in [1.54, 1.807) is 6.07 Å². The van der Waals surface area contributed by atoms with Gasteiger partial charge < -0.3 is 15.4 Å². The molecule has 0 saturated carbocycles. The number of carbonyl (C=O) groups is 1. The number of amides is 1. The molecule has 1 amide bonds. The van der Waals surface area contributed by atoms with E-state index in [4.69, 9.17) is 10.5 Å². The van der Waals surface area contributed by atoms with Crippen LogP contribution in [0.4, 0.5) is 5.69 Å². The Bertz CT molecular complexity index is 406. The molecule has 1 aromatic rings. The SMILES string of the molecule is Nc1ccccc1OCCC(=O)N1CCSCC1. The predicted octanol–water partition coefficient (Wildman–Crippen LogP) is 1.61. The average Bonchev–Trinajstić information content (AvgIpc) is 2.42. The van der Waals surface area contributed by atoms with Gasteiger partial charge in [-0.3, -0.25) is 4.79 Å². The van der Waals surface area contributed by atoms with E-state index in [-0.39, 0.29) is 5.91 Å². The van der Waals surface area contributed by atoms with Crippen LogP contribution in [0.25, 0.3) is 0 Å². The average molecular weight is 266 g/mol. The van der Waals surface area contributed by atoms with Gasteiger partial charge in [0.05, 0.1) is 18.7 Å². The number of thioether (sulfide) groups is 1. The van der Waals surface area contributed by atoms with E-state index in [1.807, 2.05) is 34.9 Å². The molecular formula is C13H18N2O2S. The van der Waals surface area contributed by atoms with Crippen LogP contribution in [0.5, 0.6) is 5.75 Å². The van der Waals surface area contributed by atoms with Gasteiger partial charge in [-0.1, -0.05) is 12.1 Å². The van der Waals surface area contributed by atoms with Crippen molar-refractivity contribution in [2.75, 3.05) is 36.9 Å². The number of nitrogens with two attached hydrogens (primary N) is 1. The molecular weight excluding hydrogens is 248 g/mol. The summed E-state index contributed by atoms with van der Waals surface area (Å²) >= 11 is 1.90. The highest BCUT2D eigenvalue weighted by molar-refractivity contribution is 7.99. The Morgan fingerprint density at radius 3 is 2.78 bits per heavy atom. The van der Waals surface area contributed by atoms with Crippen molar-refractivity contribution in [3.05, 3.63) is 24.3 Å². The normalized spacial score (nSPS) is 15.4. The Morgan fingerprint density at radius 2 is 2.06 bits per heavy atom. The van der Waals surface area contributed by atoms with Crippen LogP contribution in [-0.4, -0.2) is 42.0 Å². The standard InChI is InChI=1S/C13H18N2O2S/c14-11-3-1-2-4-12(11)17-8-5-13(16)15-6-9-18-10-7-15/h1-4H,5-10,14H2. The van der Waals surface area contributed by atoms with Crippen molar-refractivity contribution in [3.63, 3.8) is 0 Å².